The molecule has 0 saturated carbocycles. The van der Waals surface area contributed by atoms with Gasteiger partial charge in [-0.3, -0.25) is 0 Å². The first-order chi connectivity index (χ1) is 65.0. The van der Waals surface area contributed by atoms with Crippen molar-refractivity contribution >= 4 is 143 Å². The molecule has 0 heterocycles. The van der Waals surface area contributed by atoms with Crippen LogP contribution in [0.3, 0.4) is 0 Å². The number of aliphatic carboxylic acids is 12. The van der Waals surface area contributed by atoms with Crippen molar-refractivity contribution in [3.63, 3.8) is 0 Å². The maximum Gasteiger partial charge on any atom is 4.00 e. The fourth-order valence-electron chi connectivity index (χ4n) is 13.2. The number of hydrogen-bond acceptors (Lipinski definition) is 24. The minimum Gasteiger partial charge on any atom is -0.550 e. The van der Waals surface area contributed by atoms with Crippen LogP contribution in [0.4, 0.5) is 0 Å². The van der Waals surface area contributed by atoms with Crippen molar-refractivity contribution in [3.05, 3.63) is 0 Å². The molecule has 0 aromatic heterocycles. The van der Waals surface area contributed by atoms with Gasteiger partial charge in [-0.05, 0) is 296 Å². The molecule has 0 saturated heterocycles. The zero-order chi connectivity index (χ0) is 115. The van der Waals surface area contributed by atoms with Crippen molar-refractivity contribution in [2.45, 2.75) is 635 Å². The van der Waals surface area contributed by atoms with E-state index in [4.69, 9.17) is 0 Å². The van der Waals surface area contributed by atoms with E-state index in [0.29, 0.717) is 65.0 Å². The van der Waals surface area contributed by atoms with E-state index in [0.717, 1.165) is 231 Å². The third kappa shape index (κ3) is 257. The summed E-state index contributed by atoms with van der Waals surface area (Å²) in [6, 6.07) is 0. The predicted molar refractivity (Wildman–Crippen MR) is 588 cm³/mol. The largest absolute Gasteiger partial charge is 4.00 e. The normalized spacial score (nSPS) is 11.3. The van der Waals surface area contributed by atoms with E-state index in [1.807, 2.05) is 0 Å². The molecule has 0 aliphatic rings. The maximum absolute atomic E-state index is 10.0. The van der Waals surface area contributed by atoms with Crippen molar-refractivity contribution in [2.75, 3.05) is 0 Å². The summed E-state index contributed by atoms with van der Waals surface area (Å²) in [5.74, 6) is -11.1. The molecule has 0 rings (SSSR count). The first-order valence-corrected chi connectivity index (χ1v) is 55.4. The Labute approximate surface area is 954 Å². The first-order valence-electron chi connectivity index (χ1n) is 55.4. The smallest absolute Gasteiger partial charge is 0.550 e. The molecule has 24 nitrogen and oxygen atoms in total. The molecule has 0 amide bonds. The molecular weight excluding hydrogens is 2180 g/mol. The van der Waals surface area contributed by atoms with Gasteiger partial charge in [0.25, 0.3) is 0 Å². The van der Waals surface area contributed by atoms with Crippen molar-refractivity contribution < 1.29 is 119 Å². The van der Waals surface area contributed by atoms with Gasteiger partial charge in [0.15, 0.2) is 0 Å². The van der Waals surface area contributed by atoms with E-state index in [9.17, 15) is 119 Å². The van der Waals surface area contributed by atoms with Crippen LogP contribution < -0.4 is 61.3 Å². The minimum absolute atomic E-state index is 0. The van der Waals surface area contributed by atoms with Gasteiger partial charge in [-0.15, -0.1) is 0 Å². The van der Waals surface area contributed by atoms with E-state index in [1.165, 1.54) is 77.0 Å². The summed E-state index contributed by atoms with van der Waals surface area (Å²) in [6.07, 6.45) is 51.2. The molecule has 864 valence electrons. The van der Waals surface area contributed by atoms with Crippen LogP contribution in [0.25, 0.3) is 0 Å². The molecule has 27 heteroatoms. The molecule has 147 heavy (non-hydrogen) atoms. The molecule has 0 bridgehead atoms. The zero-order valence-corrected chi connectivity index (χ0v) is 110. The van der Waals surface area contributed by atoms with E-state index in [-0.39, 0.29) is 149 Å². The Morgan fingerprint density at radius 2 is 0.150 bits per heavy atom. The fraction of sp³-hybridized carbons (Fsp3) is 0.900. The molecule has 0 unspecified atom stereocenters. The predicted octanol–water partition coefficient (Wildman–Crippen LogP) is 19.7. The third-order valence-corrected chi connectivity index (χ3v) is 21.7. The Kier molecular flexibility index (Phi) is 126. The van der Waals surface area contributed by atoms with E-state index in [2.05, 4.69) is 249 Å². The van der Waals surface area contributed by atoms with E-state index >= 15 is 0 Å². The molecule has 0 radical (unpaired) electrons. The number of carbonyl (C=O) groups excluding carboxylic acids is 12. The number of hydrogen-bond donors (Lipinski definition) is 0. The molecule has 0 aliphatic heterocycles. The van der Waals surface area contributed by atoms with Gasteiger partial charge in [0.05, 0.1) is 0 Å². The summed E-state index contributed by atoms with van der Waals surface area (Å²) < 4.78 is 0. The molecule has 0 fully saturated rings. The summed E-state index contributed by atoms with van der Waals surface area (Å²) >= 11 is 0. The second kappa shape index (κ2) is 105. The van der Waals surface area contributed by atoms with Gasteiger partial charge >= 0.3 is 71.7 Å². The van der Waals surface area contributed by atoms with E-state index in [1.54, 1.807) is 0 Å². The summed E-state index contributed by atoms with van der Waals surface area (Å²) in [5.41, 5.74) is 4.52. The Morgan fingerprint density at radius 3 is 0.184 bits per heavy atom. The molecule has 0 aromatic carbocycles. The zero-order valence-electron chi connectivity index (χ0n) is 102. The summed E-state index contributed by atoms with van der Waals surface area (Å²) in [7, 11) is 0. The second-order valence-electron chi connectivity index (χ2n) is 53.9. The first kappa shape index (κ1) is 176. The fourth-order valence-corrected chi connectivity index (χ4v) is 13.2. The van der Waals surface area contributed by atoms with Crippen LogP contribution in [0.15, 0.2) is 0 Å². The van der Waals surface area contributed by atoms with Gasteiger partial charge in [-0.2, -0.15) is 0 Å². The van der Waals surface area contributed by atoms with Crippen LogP contribution in [-0.4, -0.2) is 143 Å². The monoisotopic (exact) mass is 2410 g/mol. The van der Waals surface area contributed by atoms with Crippen molar-refractivity contribution in [1.29, 1.82) is 0 Å². The number of carboxylic acid groups (broad SMARTS) is 12. The molecule has 0 spiro atoms. The van der Waals surface area contributed by atoms with Crippen LogP contribution in [0.2, 0.25) is 0 Å². The van der Waals surface area contributed by atoms with Gasteiger partial charge < -0.3 is 119 Å². The Balaban J connectivity index is -0.0000000993. The maximum atomic E-state index is 10.0. The van der Waals surface area contributed by atoms with Gasteiger partial charge in [-0.1, -0.05) is 403 Å². The number of rotatable bonds is 60. The van der Waals surface area contributed by atoms with Gasteiger partial charge in [-0.25, -0.2) is 0 Å². The number of carboxylic acids is 12. The van der Waals surface area contributed by atoms with Gasteiger partial charge in [0, 0.05) is 71.6 Å². The van der Waals surface area contributed by atoms with Crippen LogP contribution in [0, 0.1) is 65.0 Å². The Morgan fingerprint density at radius 1 is 0.102 bits per heavy atom. The molecular formula is C120H228O24Sn3. The average Bonchev–Trinajstić information content (AvgIpc) is 1.04. The van der Waals surface area contributed by atoms with E-state index < -0.39 is 71.6 Å². The van der Waals surface area contributed by atoms with Gasteiger partial charge in [0.2, 0.25) is 0 Å². The standard InChI is InChI=1S/12C10H20O2.3Sn/c12*1-10(2,3)8-6-4-5-7-9(11)12;;;/h12*4-8H2,1-3H3,(H,11,12);;;/q;;;;;;;;;;;;3*+4/p-12. The number of unbranched alkanes of at least 4 members (excludes halogenated alkanes) is 24. The summed E-state index contributed by atoms with van der Waals surface area (Å²) in [6.45, 7) is 79.2. The average molecular weight is 2410 g/mol. The topological polar surface area (TPSA) is 482 Å². The summed E-state index contributed by atoms with van der Waals surface area (Å²) in [5, 5.41) is 121. The number of carbonyl (C=O) groups is 12. The summed E-state index contributed by atoms with van der Waals surface area (Å²) in [4.78, 5) is 121. The molecule has 0 aromatic rings. The van der Waals surface area contributed by atoms with Crippen molar-refractivity contribution in [3.8, 4) is 0 Å². The Hall–Kier alpha value is -3.96. The van der Waals surface area contributed by atoms with Crippen LogP contribution in [0.1, 0.15) is 635 Å². The Bertz CT molecular complexity index is 2350. The third-order valence-electron chi connectivity index (χ3n) is 21.7. The van der Waals surface area contributed by atoms with Crippen molar-refractivity contribution in [2.24, 2.45) is 65.0 Å². The van der Waals surface area contributed by atoms with Gasteiger partial charge in [0.1, 0.15) is 0 Å². The van der Waals surface area contributed by atoms with Crippen LogP contribution in [0.5, 0.6) is 0 Å². The van der Waals surface area contributed by atoms with Crippen LogP contribution >= 0.6 is 0 Å². The quantitative estimate of drug-likeness (QED) is 0.0403. The molecule has 0 atom stereocenters. The van der Waals surface area contributed by atoms with Crippen molar-refractivity contribution in [1.82, 2.24) is 0 Å². The second-order valence-corrected chi connectivity index (χ2v) is 53.9. The molecule has 0 aliphatic carbocycles. The minimum atomic E-state index is -0.925. The van der Waals surface area contributed by atoms with Crippen LogP contribution in [-0.2, 0) is 57.5 Å². The SMILES string of the molecule is CC(C)(C)CCCCCC(=O)[O-].CC(C)(C)CCCCCC(=O)[O-].CC(C)(C)CCCCCC(=O)[O-].CC(C)(C)CCCCCC(=O)[O-].CC(C)(C)CCCCCC(=O)[O-].CC(C)(C)CCCCCC(=O)[O-].CC(C)(C)CCCCCC(=O)[O-].CC(C)(C)CCCCCC(=O)[O-].CC(C)(C)CCCCCC(=O)[O-].CC(C)(C)CCCCCC(=O)[O-].CC(C)(C)CCCCCC(=O)[O-].CC(C)(C)CCCCCC(=O)[O-].[Sn+4].[Sn+4].[Sn+4]. The molecule has 0 N–H and O–H groups in total.